The van der Waals surface area contributed by atoms with E-state index in [0.717, 1.165) is 23.7 Å². The first kappa shape index (κ1) is 24.0. The Morgan fingerprint density at radius 2 is 2.03 bits per heavy atom. The maximum absolute atomic E-state index is 14.4. The van der Waals surface area contributed by atoms with Gasteiger partial charge in [-0.25, -0.2) is 0 Å². The Kier molecular flexibility index (Phi) is 5.71. The van der Waals surface area contributed by atoms with Crippen molar-refractivity contribution >= 4 is 22.5 Å². The van der Waals surface area contributed by atoms with E-state index in [1.165, 1.54) is 0 Å². The van der Waals surface area contributed by atoms with Crippen LogP contribution in [0.15, 0.2) is 42.6 Å². The fraction of sp³-hybridized carbons (Fsp3) is 0.393. The lowest BCUT2D eigenvalue weighted by molar-refractivity contribution is -0.0138. The predicted octanol–water partition coefficient (Wildman–Crippen LogP) is 2.72. The molecular formula is C28H28N6O5. The minimum absolute atomic E-state index is 0.106. The maximum atomic E-state index is 14.4. The number of hydrogen-bond acceptors (Lipinski definition) is 9. The topological polar surface area (TPSA) is 144 Å². The lowest BCUT2D eigenvalue weighted by Crippen LogP contribution is -2.58. The summed E-state index contributed by atoms with van der Waals surface area (Å²) in [6.07, 6.45) is 5.23. The van der Waals surface area contributed by atoms with Gasteiger partial charge in [0.05, 0.1) is 17.7 Å². The van der Waals surface area contributed by atoms with Crippen molar-refractivity contribution in [2.45, 2.75) is 37.3 Å². The van der Waals surface area contributed by atoms with Gasteiger partial charge in [0.15, 0.2) is 11.6 Å². The van der Waals surface area contributed by atoms with E-state index in [1.54, 1.807) is 24.3 Å². The molecule has 0 amide bonds. The lowest BCUT2D eigenvalue weighted by Gasteiger charge is -2.45. The number of rotatable bonds is 7. The number of benzene rings is 2. The van der Waals surface area contributed by atoms with Crippen molar-refractivity contribution in [2.75, 3.05) is 26.3 Å². The van der Waals surface area contributed by atoms with Gasteiger partial charge in [0, 0.05) is 41.6 Å². The van der Waals surface area contributed by atoms with Crippen LogP contribution in [0.5, 0.6) is 11.5 Å². The quantitative estimate of drug-likeness (QED) is 0.244. The van der Waals surface area contributed by atoms with Gasteiger partial charge in [0.2, 0.25) is 5.82 Å². The van der Waals surface area contributed by atoms with Gasteiger partial charge in [-0.15, -0.1) is 10.2 Å². The molecule has 3 N–H and O–H groups in total. The monoisotopic (exact) mass is 528 g/mol. The van der Waals surface area contributed by atoms with Crippen LogP contribution in [-0.2, 0) is 0 Å². The number of nitrogens with one attached hydrogen (secondary N) is 2. The van der Waals surface area contributed by atoms with Crippen LogP contribution in [-0.4, -0.2) is 73.8 Å². The molecule has 1 spiro atoms. The number of carbonyl (C=O) groups is 2. The highest BCUT2D eigenvalue weighted by atomic mass is 16.5. The zero-order valence-electron chi connectivity index (χ0n) is 21.2. The third-order valence-electron chi connectivity index (χ3n) is 8.04. The Labute approximate surface area is 223 Å². The largest absolute Gasteiger partial charge is 0.490 e. The first-order valence-corrected chi connectivity index (χ1v) is 13.3. The molecule has 2 aliphatic heterocycles. The minimum Gasteiger partial charge on any atom is -0.490 e. The van der Waals surface area contributed by atoms with Gasteiger partial charge in [-0.1, -0.05) is 0 Å². The number of ether oxygens (including phenoxy) is 2. The molecule has 1 aliphatic carbocycles. The van der Waals surface area contributed by atoms with Crippen LogP contribution in [0.4, 0.5) is 0 Å². The molecule has 3 aliphatic rings. The fourth-order valence-electron chi connectivity index (χ4n) is 5.99. The fourth-order valence-corrected chi connectivity index (χ4v) is 5.99. The molecule has 1 saturated heterocycles. The number of piperidine rings is 1. The molecule has 39 heavy (non-hydrogen) atoms. The highest BCUT2D eigenvalue weighted by molar-refractivity contribution is 6.19. The van der Waals surface area contributed by atoms with Crippen molar-refractivity contribution in [1.82, 2.24) is 30.5 Å². The van der Waals surface area contributed by atoms with Crippen molar-refractivity contribution in [3.8, 4) is 22.9 Å². The van der Waals surface area contributed by atoms with Gasteiger partial charge in [-0.2, -0.15) is 5.21 Å². The van der Waals surface area contributed by atoms with E-state index in [0.29, 0.717) is 66.0 Å². The molecule has 200 valence electrons. The summed E-state index contributed by atoms with van der Waals surface area (Å²) < 4.78 is 14.6. The standard InChI is InChI=1S/C28H28N6O5/c35-11-12-38-23-15-17(14-21-19(23)5-10-34(21)18-2-3-18)25(36)24-26(37)20-13-16(27-30-32-33-31-27)1-4-22(20)39-28(24)6-8-29-9-7-28/h1,4-5,10,13-15,18,24,29,35H,2-3,6-9,11-12H2,(H,30,31,32,33)/t24-/m1/s1. The molecule has 0 bridgehead atoms. The molecule has 11 heteroatoms. The maximum Gasteiger partial charge on any atom is 0.204 e. The van der Waals surface area contributed by atoms with Crippen molar-refractivity contribution < 1.29 is 24.2 Å². The van der Waals surface area contributed by atoms with E-state index in [2.05, 4.69) is 30.5 Å². The van der Waals surface area contributed by atoms with E-state index in [-0.39, 0.29) is 24.8 Å². The third-order valence-corrected chi connectivity index (χ3v) is 8.04. The number of Topliss-reactive ketones (excluding diaryl/α,β-unsaturated/α-hetero) is 2. The van der Waals surface area contributed by atoms with Crippen LogP contribution in [0.25, 0.3) is 22.3 Å². The van der Waals surface area contributed by atoms with Gasteiger partial charge in [0.25, 0.3) is 0 Å². The van der Waals surface area contributed by atoms with Crippen LogP contribution in [0.3, 0.4) is 0 Å². The smallest absolute Gasteiger partial charge is 0.204 e. The van der Waals surface area contributed by atoms with Crippen LogP contribution in [0, 0.1) is 5.92 Å². The summed E-state index contributed by atoms with van der Waals surface area (Å²) in [6, 6.07) is 11.2. The van der Waals surface area contributed by atoms with Gasteiger partial charge in [-0.05, 0) is 67.5 Å². The van der Waals surface area contributed by atoms with Gasteiger partial charge in [-0.3, -0.25) is 9.59 Å². The Morgan fingerprint density at radius 1 is 1.18 bits per heavy atom. The molecular weight excluding hydrogens is 500 g/mol. The summed E-state index contributed by atoms with van der Waals surface area (Å²) in [6.45, 7) is 1.24. The lowest BCUT2D eigenvalue weighted by atomic mass is 9.70. The number of aliphatic hydroxyl groups is 1. The van der Waals surface area contributed by atoms with Gasteiger partial charge in [0.1, 0.15) is 29.6 Å². The number of aromatic nitrogens is 5. The molecule has 11 nitrogen and oxygen atoms in total. The normalized spacial score (nSPS) is 20.1. The summed E-state index contributed by atoms with van der Waals surface area (Å²) >= 11 is 0. The van der Waals surface area contributed by atoms with E-state index in [9.17, 15) is 14.7 Å². The number of aliphatic hydroxyl groups excluding tert-OH is 1. The van der Waals surface area contributed by atoms with Crippen molar-refractivity contribution in [3.05, 3.63) is 53.7 Å². The Balaban J connectivity index is 1.34. The second-order valence-electron chi connectivity index (χ2n) is 10.5. The first-order chi connectivity index (χ1) is 19.1. The highest BCUT2D eigenvalue weighted by Crippen LogP contribution is 2.45. The molecule has 1 atom stereocenters. The average Bonchev–Trinajstić information content (AvgIpc) is 3.46. The number of fused-ring (bicyclic) bond motifs is 2. The minimum atomic E-state index is -1.03. The Bertz CT molecular complexity index is 1570. The molecule has 2 aromatic carbocycles. The summed E-state index contributed by atoms with van der Waals surface area (Å²) in [5.41, 5.74) is 1.27. The number of ketones is 2. The number of tetrazole rings is 1. The number of hydrogen-bond donors (Lipinski definition) is 3. The number of H-pyrrole nitrogens is 1. The zero-order valence-corrected chi connectivity index (χ0v) is 21.2. The molecule has 4 heterocycles. The van der Waals surface area contributed by atoms with Crippen LogP contribution in [0.2, 0.25) is 0 Å². The summed E-state index contributed by atoms with van der Waals surface area (Å²) in [5, 5.41) is 27.7. The predicted molar refractivity (Wildman–Crippen MR) is 140 cm³/mol. The second kappa shape index (κ2) is 9.28. The SMILES string of the molecule is O=C(c1cc(OCCO)c2ccn(C3CC3)c2c1)[C@@H]1C(=O)c2cc(-c3nn[nH]n3)ccc2OC12CCNCC2. The molecule has 0 radical (unpaired) electrons. The summed E-state index contributed by atoms with van der Waals surface area (Å²) in [7, 11) is 0. The Hall–Kier alpha value is -4.09. The van der Waals surface area contributed by atoms with E-state index >= 15 is 0 Å². The van der Waals surface area contributed by atoms with Crippen molar-refractivity contribution in [2.24, 2.45) is 5.92 Å². The second-order valence-corrected chi connectivity index (χ2v) is 10.5. The van der Waals surface area contributed by atoms with Crippen LogP contribution < -0.4 is 14.8 Å². The van der Waals surface area contributed by atoms with E-state index in [1.807, 2.05) is 18.3 Å². The molecule has 1 saturated carbocycles. The number of aromatic amines is 1. The molecule has 0 unspecified atom stereocenters. The first-order valence-electron chi connectivity index (χ1n) is 13.3. The van der Waals surface area contributed by atoms with Gasteiger partial charge >= 0.3 is 0 Å². The Morgan fingerprint density at radius 3 is 2.77 bits per heavy atom. The summed E-state index contributed by atoms with van der Waals surface area (Å²) in [5.74, 6) is -0.260. The summed E-state index contributed by atoms with van der Waals surface area (Å²) in [4.78, 5) is 28.6. The van der Waals surface area contributed by atoms with E-state index in [4.69, 9.17) is 9.47 Å². The van der Waals surface area contributed by atoms with Crippen molar-refractivity contribution in [1.29, 1.82) is 0 Å². The zero-order chi connectivity index (χ0) is 26.6. The molecule has 7 rings (SSSR count). The molecule has 2 aromatic heterocycles. The highest BCUT2D eigenvalue weighted by Gasteiger charge is 2.54. The molecule has 2 fully saturated rings. The van der Waals surface area contributed by atoms with Gasteiger partial charge < -0.3 is 24.5 Å². The number of carbonyl (C=O) groups excluding carboxylic acids is 2. The average molecular weight is 529 g/mol. The van der Waals surface area contributed by atoms with E-state index < -0.39 is 11.5 Å². The number of nitrogens with zero attached hydrogens (tertiary/aromatic N) is 4. The van der Waals surface area contributed by atoms with Crippen molar-refractivity contribution in [3.63, 3.8) is 0 Å². The molecule has 4 aromatic rings. The van der Waals surface area contributed by atoms with Crippen LogP contribution in [0.1, 0.15) is 52.4 Å². The third kappa shape index (κ3) is 4.00. The van der Waals surface area contributed by atoms with Crippen LogP contribution >= 0.6 is 0 Å².